The molecule has 0 aliphatic carbocycles. The van der Waals surface area contributed by atoms with Gasteiger partial charge in [0.05, 0.1) is 14.9 Å². The molecular formula is C5H14B2O2. The molecule has 2 nitrogen and oxygen atoms in total. The second kappa shape index (κ2) is 6.17. The van der Waals surface area contributed by atoms with E-state index in [1.54, 1.807) is 14.2 Å². The fourth-order valence-electron chi connectivity index (χ4n) is 0.755. The summed E-state index contributed by atoms with van der Waals surface area (Å²) >= 11 is 0. The molecule has 0 bridgehead atoms. The largest absolute Gasteiger partial charge is 0.385 e. The van der Waals surface area contributed by atoms with Crippen LogP contribution in [-0.2, 0) is 9.47 Å². The van der Waals surface area contributed by atoms with Gasteiger partial charge in [0.25, 0.3) is 0 Å². The molecule has 0 aliphatic rings. The maximum atomic E-state index is 4.97. The summed E-state index contributed by atoms with van der Waals surface area (Å²) in [7, 11) is 6.71. The first-order valence-electron chi connectivity index (χ1n) is 3.33. The van der Waals surface area contributed by atoms with Crippen LogP contribution in [-0.4, -0.2) is 42.3 Å². The van der Waals surface area contributed by atoms with E-state index in [1.807, 2.05) is 0 Å². The average Bonchev–Trinajstić information content (AvgIpc) is 1.88. The normalized spacial score (nSPS) is 10.1. The first kappa shape index (κ1) is 9.05. The summed E-state index contributed by atoms with van der Waals surface area (Å²) in [6, 6.07) is 0. The third kappa shape index (κ3) is 4.55. The van der Waals surface area contributed by atoms with Gasteiger partial charge in [-0.3, -0.25) is 0 Å². The highest BCUT2D eigenvalue weighted by atomic mass is 16.5. The van der Waals surface area contributed by atoms with Crippen LogP contribution in [0.3, 0.4) is 0 Å². The van der Waals surface area contributed by atoms with Gasteiger partial charge in [-0.2, -0.15) is 0 Å². The van der Waals surface area contributed by atoms with Crippen LogP contribution >= 0.6 is 0 Å². The molecule has 52 valence electrons. The van der Waals surface area contributed by atoms with Gasteiger partial charge >= 0.3 is 0 Å². The minimum absolute atomic E-state index is 0.569. The van der Waals surface area contributed by atoms with Crippen molar-refractivity contribution in [2.75, 3.05) is 27.4 Å². The lowest BCUT2D eigenvalue weighted by Crippen LogP contribution is -2.15. The van der Waals surface area contributed by atoms with Gasteiger partial charge in [-0.05, 0) is 5.82 Å². The fourth-order valence-corrected chi connectivity index (χ4v) is 0.755. The quantitative estimate of drug-likeness (QED) is 0.444. The van der Waals surface area contributed by atoms with Crippen molar-refractivity contribution < 1.29 is 9.47 Å². The highest BCUT2D eigenvalue weighted by Crippen LogP contribution is 2.00. The third-order valence-electron chi connectivity index (χ3n) is 1.38. The number of ether oxygens (including phenoxy) is 2. The van der Waals surface area contributed by atoms with E-state index in [0.29, 0.717) is 5.82 Å². The van der Waals surface area contributed by atoms with Crippen LogP contribution in [0.25, 0.3) is 0 Å². The zero-order chi connectivity index (χ0) is 7.11. The van der Waals surface area contributed by atoms with E-state index in [2.05, 4.69) is 7.74 Å². The molecule has 0 saturated carbocycles. The Labute approximate surface area is 58.5 Å². The monoisotopic (exact) mass is 128 g/mol. The highest BCUT2D eigenvalue weighted by Gasteiger charge is 2.04. The molecule has 0 heterocycles. The van der Waals surface area contributed by atoms with Crippen LogP contribution in [0.5, 0.6) is 0 Å². The van der Waals surface area contributed by atoms with E-state index in [-0.39, 0.29) is 0 Å². The minimum Gasteiger partial charge on any atom is -0.385 e. The lowest BCUT2D eigenvalue weighted by atomic mass is 9.47. The lowest BCUT2D eigenvalue weighted by Gasteiger charge is -2.10. The summed E-state index contributed by atoms with van der Waals surface area (Å²) in [4.78, 5) is 0. The summed E-state index contributed by atoms with van der Waals surface area (Å²) in [6.45, 7) is 1.62. The Morgan fingerprint density at radius 3 is 2.00 bits per heavy atom. The average molecular weight is 128 g/mol. The first-order chi connectivity index (χ1) is 4.35. The van der Waals surface area contributed by atoms with E-state index in [4.69, 9.17) is 9.47 Å². The van der Waals surface area contributed by atoms with Crippen molar-refractivity contribution in [3.8, 4) is 0 Å². The van der Waals surface area contributed by atoms with Gasteiger partial charge in [-0.1, -0.05) is 0 Å². The van der Waals surface area contributed by atoms with Gasteiger partial charge in [-0.15, -0.1) is 0 Å². The third-order valence-corrected chi connectivity index (χ3v) is 1.38. The van der Waals surface area contributed by atoms with Crippen molar-refractivity contribution in [2.24, 2.45) is 0 Å². The summed E-state index contributed by atoms with van der Waals surface area (Å²) in [5, 5.41) is 0. The summed E-state index contributed by atoms with van der Waals surface area (Å²) in [5.74, 6) is 0.569. The Morgan fingerprint density at radius 1 is 1.33 bits per heavy atom. The Balaban J connectivity index is 3.18. The smallest absolute Gasteiger partial charge is 0.0919 e. The molecular weight excluding hydrogens is 114 g/mol. The molecule has 0 saturated heterocycles. The van der Waals surface area contributed by atoms with Crippen LogP contribution in [0.1, 0.15) is 0 Å². The van der Waals surface area contributed by atoms with Gasteiger partial charge in [0.15, 0.2) is 0 Å². The molecule has 0 atom stereocenters. The van der Waals surface area contributed by atoms with Crippen molar-refractivity contribution >= 4 is 14.9 Å². The van der Waals surface area contributed by atoms with Crippen LogP contribution < -0.4 is 0 Å². The van der Waals surface area contributed by atoms with Crippen LogP contribution in [0.4, 0.5) is 0 Å². The van der Waals surface area contributed by atoms with Crippen molar-refractivity contribution in [3.63, 3.8) is 0 Å². The minimum atomic E-state index is 0.569. The Morgan fingerprint density at radius 2 is 1.78 bits per heavy atom. The number of hydrogen-bond donors (Lipinski definition) is 0. The van der Waals surface area contributed by atoms with E-state index < -0.39 is 0 Å². The van der Waals surface area contributed by atoms with Crippen molar-refractivity contribution in [1.82, 2.24) is 0 Å². The molecule has 9 heavy (non-hydrogen) atoms. The molecule has 4 heteroatoms. The molecule has 0 aliphatic heterocycles. The van der Waals surface area contributed by atoms with Crippen molar-refractivity contribution in [1.29, 1.82) is 0 Å². The number of rotatable bonds is 5. The van der Waals surface area contributed by atoms with Crippen molar-refractivity contribution in [3.05, 3.63) is 0 Å². The summed E-state index contributed by atoms with van der Waals surface area (Å²) in [6.07, 6.45) is 0. The number of methoxy groups -OCH3 is 2. The summed E-state index contributed by atoms with van der Waals surface area (Å²) in [5.41, 5.74) is 0. The predicted molar refractivity (Wildman–Crippen MR) is 43.2 cm³/mol. The first-order valence-corrected chi connectivity index (χ1v) is 3.33. The van der Waals surface area contributed by atoms with Gasteiger partial charge in [-0.25, -0.2) is 0 Å². The Kier molecular flexibility index (Phi) is 6.21. The molecule has 0 aromatic carbocycles. The van der Waals surface area contributed by atoms with Crippen LogP contribution in [0.15, 0.2) is 0 Å². The standard InChI is InChI=1S/C5H14B2O2/c1-8-3-5(7-6)4-9-2/h5,7H,3-4,6H2,1-2H3. The highest BCUT2D eigenvalue weighted by molar-refractivity contribution is 6.90. The molecule has 0 fully saturated rings. The Bertz CT molecular complexity index is 54.9. The van der Waals surface area contributed by atoms with Gasteiger partial charge < -0.3 is 9.47 Å². The second-order valence-corrected chi connectivity index (χ2v) is 2.18. The SMILES string of the molecule is BBC(COC)COC. The summed E-state index contributed by atoms with van der Waals surface area (Å²) < 4.78 is 9.93. The zero-order valence-corrected chi connectivity index (χ0v) is 6.52. The van der Waals surface area contributed by atoms with Gasteiger partial charge in [0, 0.05) is 27.4 Å². The van der Waals surface area contributed by atoms with E-state index in [1.165, 1.54) is 0 Å². The molecule has 0 aromatic heterocycles. The molecule has 0 aromatic rings. The molecule has 0 amide bonds. The Hall–Kier alpha value is 0.0499. The molecule has 0 unspecified atom stereocenters. The van der Waals surface area contributed by atoms with Gasteiger partial charge in [0.1, 0.15) is 0 Å². The van der Waals surface area contributed by atoms with E-state index in [9.17, 15) is 0 Å². The second-order valence-electron chi connectivity index (χ2n) is 2.18. The fraction of sp³-hybridized carbons (Fsp3) is 1.00. The van der Waals surface area contributed by atoms with Crippen LogP contribution in [0.2, 0.25) is 5.82 Å². The number of hydrogen-bond acceptors (Lipinski definition) is 2. The van der Waals surface area contributed by atoms with Crippen LogP contribution in [0, 0.1) is 0 Å². The topological polar surface area (TPSA) is 18.5 Å². The van der Waals surface area contributed by atoms with E-state index >= 15 is 0 Å². The maximum absolute atomic E-state index is 4.97. The predicted octanol–water partition coefficient (Wildman–Crippen LogP) is -0.948. The molecule has 0 spiro atoms. The molecule has 0 rings (SSSR count). The van der Waals surface area contributed by atoms with Crippen molar-refractivity contribution in [2.45, 2.75) is 5.82 Å². The van der Waals surface area contributed by atoms with E-state index in [0.717, 1.165) is 20.4 Å². The maximum Gasteiger partial charge on any atom is 0.0919 e. The molecule has 0 N–H and O–H groups in total. The molecule has 0 radical (unpaired) electrons. The zero-order valence-electron chi connectivity index (χ0n) is 6.52. The van der Waals surface area contributed by atoms with Gasteiger partial charge in [0.2, 0.25) is 0 Å². The lowest BCUT2D eigenvalue weighted by molar-refractivity contribution is 0.139.